The van der Waals surface area contributed by atoms with Crippen molar-refractivity contribution in [3.8, 4) is 6.07 Å². The molecule has 11 heteroatoms. The normalized spacial score (nSPS) is 28.4. The first-order valence-corrected chi connectivity index (χ1v) is 11.8. The van der Waals surface area contributed by atoms with Crippen LogP contribution in [0.2, 0.25) is 0 Å². The van der Waals surface area contributed by atoms with Crippen molar-refractivity contribution >= 4 is 23.6 Å². The summed E-state index contributed by atoms with van der Waals surface area (Å²) >= 11 is 0. The molecule has 1 aliphatic carbocycles. The Bertz CT molecular complexity index is 1140. The van der Waals surface area contributed by atoms with Crippen LogP contribution in [0.1, 0.15) is 37.8 Å². The highest BCUT2D eigenvalue weighted by molar-refractivity contribution is 5.84. The van der Waals surface area contributed by atoms with Gasteiger partial charge in [0.15, 0.2) is 0 Å². The third kappa shape index (κ3) is 4.16. The minimum absolute atomic E-state index is 0.101. The Morgan fingerprint density at radius 2 is 2.17 bits per heavy atom. The Labute approximate surface area is 202 Å². The lowest BCUT2D eigenvalue weighted by Crippen LogP contribution is -2.73. The molecule has 3 unspecified atom stereocenters. The topological polar surface area (TPSA) is 121 Å². The summed E-state index contributed by atoms with van der Waals surface area (Å²) in [4.78, 5) is 25.2. The number of nitrogens with zero attached hydrogens (tertiary/aromatic N) is 5. The fourth-order valence-electron chi connectivity index (χ4n) is 5.79. The molecule has 184 valence electrons. The van der Waals surface area contributed by atoms with E-state index >= 15 is 0 Å². The number of likely N-dealkylation sites (tertiary alicyclic amines) is 1. The number of alkyl halides is 2. The van der Waals surface area contributed by atoms with Crippen molar-refractivity contribution < 1.29 is 13.6 Å². The Hall–Kier alpha value is -3.39. The Kier molecular flexibility index (Phi) is 5.79. The zero-order valence-electron chi connectivity index (χ0n) is 19.5. The van der Waals surface area contributed by atoms with Crippen molar-refractivity contribution in [3.05, 3.63) is 35.9 Å². The zero-order valence-corrected chi connectivity index (χ0v) is 19.5. The van der Waals surface area contributed by atoms with Gasteiger partial charge < -0.3 is 20.9 Å². The molecule has 4 heterocycles. The molecule has 3 atom stereocenters. The lowest BCUT2D eigenvalue weighted by Gasteiger charge is -2.58. The summed E-state index contributed by atoms with van der Waals surface area (Å²) in [5.74, 6) is -4.15. The smallest absolute Gasteiger partial charge is 0.260 e. The van der Waals surface area contributed by atoms with E-state index in [2.05, 4.69) is 37.6 Å². The van der Waals surface area contributed by atoms with Gasteiger partial charge in [0.05, 0.1) is 29.4 Å². The van der Waals surface area contributed by atoms with E-state index in [1.807, 2.05) is 6.07 Å². The molecule has 5 rings (SSSR count). The lowest BCUT2D eigenvalue weighted by atomic mass is 9.80. The number of nitriles is 1. The van der Waals surface area contributed by atoms with Crippen molar-refractivity contribution in [1.29, 1.82) is 10.7 Å². The highest BCUT2D eigenvalue weighted by Gasteiger charge is 2.65. The molecule has 35 heavy (non-hydrogen) atoms. The first-order valence-electron chi connectivity index (χ1n) is 11.8. The number of fused-ring (bicyclic) bond motifs is 2. The minimum Gasteiger partial charge on any atom is -0.392 e. The number of allylic oxidation sites excluding steroid dienone is 1. The standard InChI is InChI=1S/C24H28F2N8O/c1-29-12-16(11-28)31-22-30-7-4-20(32-22)15-8-17-2-3-18(9-15)34(17)23(5-6-27)13-33(14-23)21(35)19-10-24(19,25)26/h4,7-8,11-12,17-19,28-29H,2-3,5,9-10,13-14H2,1H3,(H,30,31,32)/b16-12+,28-11?. The second kappa shape index (κ2) is 8.68. The Morgan fingerprint density at radius 1 is 1.40 bits per heavy atom. The average Bonchev–Trinajstić information content (AvgIpc) is 3.38. The predicted octanol–water partition coefficient (Wildman–Crippen LogP) is 2.37. The van der Waals surface area contributed by atoms with Gasteiger partial charge in [0.25, 0.3) is 5.92 Å². The first kappa shape index (κ1) is 23.4. The van der Waals surface area contributed by atoms with Gasteiger partial charge in [0.2, 0.25) is 11.9 Å². The maximum absolute atomic E-state index is 13.4. The molecule has 0 radical (unpaired) electrons. The number of carbonyl (C=O) groups excluding carboxylic acids is 1. The number of amides is 1. The number of anilines is 1. The molecule has 1 saturated carbocycles. The van der Waals surface area contributed by atoms with Crippen LogP contribution in [-0.2, 0) is 4.79 Å². The quantitative estimate of drug-likeness (QED) is 0.487. The molecular formula is C24H28F2N8O. The molecule has 1 aromatic heterocycles. The average molecular weight is 483 g/mol. The van der Waals surface area contributed by atoms with Crippen LogP contribution >= 0.6 is 0 Å². The van der Waals surface area contributed by atoms with Crippen LogP contribution in [0.25, 0.3) is 5.57 Å². The number of aromatic nitrogens is 2. The van der Waals surface area contributed by atoms with Crippen LogP contribution in [0.15, 0.2) is 30.2 Å². The van der Waals surface area contributed by atoms with Gasteiger partial charge in [-0.25, -0.2) is 18.7 Å². The molecule has 1 aromatic rings. The second-order valence-electron chi connectivity index (χ2n) is 9.80. The summed E-state index contributed by atoms with van der Waals surface area (Å²) in [6.45, 7) is 0.655. The number of nitrogens with one attached hydrogen (secondary N) is 3. The highest BCUT2D eigenvalue weighted by Crippen LogP contribution is 2.52. The third-order valence-electron chi connectivity index (χ3n) is 7.45. The lowest BCUT2D eigenvalue weighted by molar-refractivity contribution is -0.152. The molecule has 2 bridgehead atoms. The Morgan fingerprint density at radius 3 is 2.80 bits per heavy atom. The van der Waals surface area contributed by atoms with Crippen molar-refractivity contribution in [2.45, 2.75) is 55.6 Å². The van der Waals surface area contributed by atoms with E-state index in [1.165, 1.54) is 11.1 Å². The van der Waals surface area contributed by atoms with Gasteiger partial charge in [0, 0.05) is 57.3 Å². The summed E-state index contributed by atoms with van der Waals surface area (Å²) < 4.78 is 26.8. The van der Waals surface area contributed by atoms with E-state index in [1.54, 1.807) is 19.4 Å². The predicted molar refractivity (Wildman–Crippen MR) is 125 cm³/mol. The maximum atomic E-state index is 13.4. The van der Waals surface area contributed by atoms with Crippen LogP contribution in [0.3, 0.4) is 0 Å². The van der Waals surface area contributed by atoms with Gasteiger partial charge in [-0.1, -0.05) is 6.08 Å². The fraction of sp³-hybridized carbons (Fsp3) is 0.542. The van der Waals surface area contributed by atoms with Crippen molar-refractivity contribution in [1.82, 2.24) is 25.1 Å². The molecular weight excluding hydrogens is 454 g/mol. The summed E-state index contributed by atoms with van der Waals surface area (Å²) in [5, 5.41) is 22.9. The molecule has 1 amide bonds. The fourth-order valence-corrected chi connectivity index (χ4v) is 5.79. The van der Waals surface area contributed by atoms with Gasteiger partial charge in [0.1, 0.15) is 5.92 Å². The molecule has 0 aromatic carbocycles. The SMILES string of the molecule is CN/C=C(\C=N)Nc1nccc(C2=CC3CCC(C2)N3C2(CC#N)CN(C(=O)C3CC3(F)F)C2)n1. The number of carbonyl (C=O) groups is 1. The van der Waals surface area contributed by atoms with Gasteiger partial charge >= 0.3 is 0 Å². The largest absolute Gasteiger partial charge is 0.392 e. The van der Waals surface area contributed by atoms with E-state index in [0.29, 0.717) is 24.7 Å². The molecule has 3 N–H and O–H groups in total. The summed E-state index contributed by atoms with van der Waals surface area (Å²) in [5.41, 5.74) is 1.95. The maximum Gasteiger partial charge on any atom is 0.260 e. The summed E-state index contributed by atoms with van der Waals surface area (Å²) in [6, 6.07) is 4.44. The first-order chi connectivity index (χ1) is 16.8. The van der Waals surface area contributed by atoms with Crippen LogP contribution in [0.5, 0.6) is 0 Å². The van der Waals surface area contributed by atoms with E-state index < -0.39 is 23.3 Å². The van der Waals surface area contributed by atoms with E-state index in [4.69, 9.17) is 5.41 Å². The number of rotatable bonds is 8. The van der Waals surface area contributed by atoms with Gasteiger partial charge in [-0.15, -0.1) is 0 Å². The minimum atomic E-state index is -2.88. The van der Waals surface area contributed by atoms with Crippen LogP contribution in [0, 0.1) is 22.7 Å². The molecule has 0 spiro atoms. The monoisotopic (exact) mass is 482 g/mol. The van der Waals surface area contributed by atoms with E-state index in [0.717, 1.165) is 30.5 Å². The van der Waals surface area contributed by atoms with Gasteiger partial charge in [-0.05, 0) is 30.9 Å². The molecule has 9 nitrogen and oxygen atoms in total. The molecule has 2 saturated heterocycles. The molecule has 4 aliphatic rings. The molecule has 3 aliphatic heterocycles. The van der Waals surface area contributed by atoms with Crippen LogP contribution in [-0.4, -0.2) is 75.6 Å². The Balaban J connectivity index is 1.33. The number of halogens is 2. The number of hydrogen-bond donors (Lipinski definition) is 3. The van der Waals surface area contributed by atoms with E-state index in [9.17, 15) is 18.8 Å². The summed E-state index contributed by atoms with van der Waals surface area (Å²) in [6.07, 6.45) is 9.24. The van der Waals surface area contributed by atoms with Gasteiger partial charge in [-0.3, -0.25) is 9.69 Å². The number of hydrogen-bond acceptors (Lipinski definition) is 8. The van der Waals surface area contributed by atoms with Crippen molar-refractivity contribution in [2.75, 3.05) is 25.5 Å². The zero-order chi connectivity index (χ0) is 24.8. The van der Waals surface area contributed by atoms with E-state index in [-0.39, 0.29) is 24.9 Å². The third-order valence-corrected chi connectivity index (χ3v) is 7.45. The highest BCUT2D eigenvalue weighted by atomic mass is 19.3. The van der Waals surface area contributed by atoms with Crippen molar-refractivity contribution in [3.63, 3.8) is 0 Å². The van der Waals surface area contributed by atoms with Gasteiger partial charge in [-0.2, -0.15) is 5.26 Å². The van der Waals surface area contributed by atoms with Crippen LogP contribution in [0.4, 0.5) is 14.7 Å². The van der Waals surface area contributed by atoms with Crippen molar-refractivity contribution in [2.24, 2.45) is 5.92 Å². The second-order valence-corrected chi connectivity index (χ2v) is 9.80. The summed E-state index contributed by atoms with van der Waals surface area (Å²) in [7, 11) is 1.74. The van der Waals surface area contributed by atoms with Crippen LogP contribution < -0.4 is 10.6 Å². The molecule has 3 fully saturated rings.